The Labute approximate surface area is 264 Å². The van der Waals surface area contributed by atoms with Gasteiger partial charge in [-0.3, -0.25) is 14.4 Å². The summed E-state index contributed by atoms with van der Waals surface area (Å²) in [6.45, 7) is 3.55. The van der Waals surface area contributed by atoms with Crippen molar-refractivity contribution < 1.29 is 40.7 Å². The summed E-state index contributed by atoms with van der Waals surface area (Å²) in [7, 11) is 0. The first-order chi connectivity index (χ1) is 19.9. The van der Waals surface area contributed by atoms with Crippen molar-refractivity contribution in [3.8, 4) is 0 Å². The minimum absolute atomic E-state index is 0.0862. The molecule has 2 aromatic rings. The highest BCUT2D eigenvalue weighted by Crippen LogP contribution is 2.65. The number of rotatable bonds is 9. The number of hydrogen-bond acceptors (Lipinski definition) is 3. The molecule has 0 aromatic heterocycles. The molecule has 3 N–H and O–H groups in total. The standard InChI is InChI=1S/C26H16Cl5F6N3O3/c1-2-12(38-23(42)19-18(25(19,30)31)10-7-13(28)20(33)14(29)8-10)4-3-11(27)9-17(41)39-16-6-5-15(32)22(21(16)34)40-24(43)26(35,36)37/h2-8,18-19H,1,9H2,(H,38,42)(H,39,41)(H,40,43)/b11-3+,12-4+. The fraction of sp³-hybridized carbons (Fsp3) is 0.192. The summed E-state index contributed by atoms with van der Waals surface area (Å²) in [5.41, 5.74) is -1.75. The second kappa shape index (κ2) is 13.4. The van der Waals surface area contributed by atoms with E-state index in [1.807, 2.05) is 5.32 Å². The maximum absolute atomic E-state index is 14.5. The summed E-state index contributed by atoms with van der Waals surface area (Å²) in [5.74, 6) is -10.1. The molecule has 0 saturated heterocycles. The Morgan fingerprint density at radius 3 is 2.14 bits per heavy atom. The quantitative estimate of drug-likeness (QED) is 0.106. The van der Waals surface area contributed by atoms with Gasteiger partial charge in [0.1, 0.15) is 15.8 Å². The van der Waals surface area contributed by atoms with Crippen LogP contribution in [0.3, 0.4) is 0 Å². The molecular weight excluding hydrogens is 694 g/mol. The van der Waals surface area contributed by atoms with Crippen molar-refractivity contribution in [2.24, 2.45) is 5.92 Å². The van der Waals surface area contributed by atoms with E-state index in [0.717, 1.165) is 11.4 Å². The number of anilines is 2. The summed E-state index contributed by atoms with van der Waals surface area (Å²) in [5, 5.41) is 4.83. The van der Waals surface area contributed by atoms with Crippen molar-refractivity contribution >= 4 is 87.1 Å². The lowest BCUT2D eigenvalue weighted by molar-refractivity contribution is -0.167. The zero-order valence-corrected chi connectivity index (χ0v) is 24.8. The van der Waals surface area contributed by atoms with Gasteiger partial charge in [0.25, 0.3) is 0 Å². The monoisotopic (exact) mass is 707 g/mol. The highest BCUT2D eigenvalue weighted by Gasteiger charge is 2.67. The maximum atomic E-state index is 14.5. The van der Waals surface area contributed by atoms with Crippen LogP contribution in [0, 0.1) is 23.4 Å². The largest absolute Gasteiger partial charge is 0.471 e. The molecule has 1 fully saturated rings. The van der Waals surface area contributed by atoms with Gasteiger partial charge in [-0.15, -0.1) is 23.2 Å². The van der Waals surface area contributed by atoms with Crippen molar-refractivity contribution in [2.75, 3.05) is 10.6 Å². The lowest BCUT2D eigenvalue weighted by atomic mass is 10.1. The van der Waals surface area contributed by atoms with Gasteiger partial charge in [-0.2, -0.15) is 13.2 Å². The van der Waals surface area contributed by atoms with Gasteiger partial charge >= 0.3 is 12.1 Å². The van der Waals surface area contributed by atoms with Crippen LogP contribution in [0.15, 0.2) is 59.8 Å². The number of hydrogen-bond donors (Lipinski definition) is 3. The van der Waals surface area contributed by atoms with Gasteiger partial charge in [-0.1, -0.05) is 41.4 Å². The number of carbonyl (C=O) groups excluding carboxylic acids is 3. The molecule has 230 valence electrons. The highest BCUT2D eigenvalue weighted by molar-refractivity contribution is 6.53. The van der Waals surface area contributed by atoms with Crippen molar-refractivity contribution in [2.45, 2.75) is 22.8 Å². The molecule has 0 heterocycles. The molecule has 17 heteroatoms. The molecule has 3 amide bonds. The molecule has 2 aromatic carbocycles. The number of alkyl halides is 5. The van der Waals surface area contributed by atoms with E-state index in [4.69, 9.17) is 58.0 Å². The van der Waals surface area contributed by atoms with Gasteiger partial charge in [0.05, 0.1) is 28.1 Å². The van der Waals surface area contributed by atoms with E-state index in [2.05, 4.69) is 11.9 Å². The van der Waals surface area contributed by atoms with Crippen LogP contribution in [0.1, 0.15) is 17.9 Å². The van der Waals surface area contributed by atoms with Crippen LogP contribution < -0.4 is 16.0 Å². The predicted molar refractivity (Wildman–Crippen MR) is 152 cm³/mol. The lowest BCUT2D eigenvalue weighted by Gasteiger charge is -2.13. The first kappa shape index (κ1) is 34.6. The fourth-order valence-electron chi connectivity index (χ4n) is 3.74. The third kappa shape index (κ3) is 8.18. The first-order valence-corrected chi connectivity index (χ1v) is 13.4. The Kier molecular flexibility index (Phi) is 10.8. The van der Waals surface area contributed by atoms with Gasteiger partial charge in [0.2, 0.25) is 11.8 Å². The van der Waals surface area contributed by atoms with Crippen LogP contribution in [0.25, 0.3) is 0 Å². The SMILES string of the molecule is C=C/C(=C\C=C(\Cl)CC(=O)Nc1ccc(F)c(NC(=O)C(F)(F)F)c1F)NC(=O)C1C(c2cc(Cl)c(F)c(Cl)c2)C1(Cl)Cl. The average Bonchev–Trinajstić information content (AvgIpc) is 3.49. The summed E-state index contributed by atoms with van der Waals surface area (Å²) in [6.07, 6.45) is -2.38. The van der Waals surface area contributed by atoms with Crippen molar-refractivity contribution in [3.63, 3.8) is 0 Å². The molecule has 0 bridgehead atoms. The Morgan fingerprint density at radius 2 is 1.58 bits per heavy atom. The molecule has 1 aliphatic rings. The van der Waals surface area contributed by atoms with Crippen molar-refractivity contribution in [3.05, 3.63) is 92.9 Å². The normalized spacial score (nSPS) is 18.1. The second-order valence-electron chi connectivity index (χ2n) is 8.82. The number of benzene rings is 2. The minimum atomic E-state index is -5.42. The molecular formula is C26H16Cl5F6N3O3. The third-order valence-corrected chi connectivity index (χ3v) is 7.57. The van der Waals surface area contributed by atoms with E-state index in [0.29, 0.717) is 11.6 Å². The van der Waals surface area contributed by atoms with Crippen molar-refractivity contribution in [1.82, 2.24) is 5.32 Å². The highest BCUT2D eigenvalue weighted by atomic mass is 35.5. The van der Waals surface area contributed by atoms with Gasteiger partial charge in [-0.05, 0) is 48.1 Å². The van der Waals surface area contributed by atoms with Gasteiger partial charge in [0.15, 0.2) is 11.6 Å². The first-order valence-electron chi connectivity index (χ1n) is 11.6. The zero-order chi connectivity index (χ0) is 32.4. The van der Waals surface area contributed by atoms with E-state index in [9.17, 15) is 40.7 Å². The van der Waals surface area contributed by atoms with Gasteiger partial charge < -0.3 is 16.0 Å². The second-order valence-corrected chi connectivity index (χ2v) is 11.6. The summed E-state index contributed by atoms with van der Waals surface area (Å²) in [6, 6.07) is 3.75. The third-order valence-electron chi connectivity index (χ3n) is 5.82. The van der Waals surface area contributed by atoms with Crippen LogP contribution in [-0.2, 0) is 14.4 Å². The van der Waals surface area contributed by atoms with Crippen LogP contribution in [-0.4, -0.2) is 28.2 Å². The number of amides is 3. The molecule has 2 atom stereocenters. The molecule has 1 saturated carbocycles. The number of nitrogens with one attached hydrogen (secondary N) is 3. The summed E-state index contributed by atoms with van der Waals surface area (Å²) in [4.78, 5) is 36.2. The summed E-state index contributed by atoms with van der Waals surface area (Å²) >= 11 is 30.2. The average molecular weight is 710 g/mol. The van der Waals surface area contributed by atoms with Gasteiger partial charge in [0, 0.05) is 16.6 Å². The topological polar surface area (TPSA) is 87.3 Å². The van der Waals surface area contributed by atoms with Crippen LogP contribution in [0.2, 0.25) is 10.0 Å². The molecule has 1 aliphatic carbocycles. The lowest BCUT2D eigenvalue weighted by Crippen LogP contribution is -2.31. The van der Waals surface area contributed by atoms with E-state index in [1.54, 1.807) is 0 Å². The Hall–Kier alpha value is -2.90. The molecule has 6 nitrogen and oxygen atoms in total. The Balaban J connectivity index is 1.66. The molecule has 43 heavy (non-hydrogen) atoms. The number of carbonyl (C=O) groups is 3. The Morgan fingerprint density at radius 1 is 0.977 bits per heavy atom. The van der Waals surface area contributed by atoms with E-state index < -0.39 is 75.3 Å². The molecule has 2 unspecified atom stereocenters. The van der Waals surface area contributed by atoms with E-state index in [-0.39, 0.29) is 20.8 Å². The minimum Gasteiger partial charge on any atom is -0.326 e. The molecule has 0 radical (unpaired) electrons. The van der Waals surface area contributed by atoms with Crippen LogP contribution in [0.5, 0.6) is 0 Å². The zero-order valence-electron chi connectivity index (χ0n) is 21.0. The maximum Gasteiger partial charge on any atom is 0.471 e. The van der Waals surface area contributed by atoms with E-state index in [1.165, 1.54) is 30.4 Å². The molecule has 0 aliphatic heterocycles. The van der Waals surface area contributed by atoms with Crippen LogP contribution >= 0.6 is 58.0 Å². The fourth-order valence-corrected chi connectivity index (χ4v) is 5.25. The van der Waals surface area contributed by atoms with E-state index >= 15 is 0 Å². The number of halogens is 11. The van der Waals surface area contributed by atoms with Crippen molar-refractivity contribution in [1.29, 1.82) is 0 Å². The predicted octanol–water partition coefficient (Wildman–Crippen LogP) is 8.14. The van der Waals surface area contributed by atoms with Crippen LogP contribution in [0.4, 0.5) is 37.7 Å². The molecule has 3 rings (SSSR count). The summed E-state index contributed by atoms with van der Waals surface area (Å²) < 4.78 is 78.0. The number of allylic oxidation sites excluding steroid dienone is 3. The smallest absolute Gasteiger partial charge is 0.326 e. The Bertz CT molecular complexity index is 1540. The van der Waals surface area contributed by atoms with Gasteiger partial charge in [-0.25, -0.2) is 13.2 Å². The molecule has 0 spiro atoms.